The number of rotatable bonds is 3. The normalized spacial score (nSPS) is 18.6. The first-order valence-electron chi connectivity index (χ1n) is 5.91. The second kappa shape index (κ2) is 5.66. The topological polar surface area (TPSA) is 93.8 Å². The fourth-order valence-corrected chi connectivity index (χ4v) is 2.74. The Morgan fingerprint density at radius 2 is 2.24 bits per heavy atom. The van der Waals surface area contributed by atoms with Gasteiger partial charge in [0.05, 0.1) is 5.69 Å². The van der Waals surface area contributed by atoms with Crippen LogP contribution in [0, 0.1) is 0 Å². The fourth-order valence-electron chi connectivity index (χ4n) is 2.19. The maximum absolute atomic E-state index is 5.89. The molecule has 6 heteroatoms. The van der Waals surface area contributed by atoms with Gasteiger partial charge in [-0.15, -0.1) is 0 Å². The van der Waals surface area contributed by atoms with Gasteiger partial charge in [0.15, 0.2) is 6.67 Å². The Hall–Kier alpha value is -0.850. The van der Waals surface area contributed by atoms with Crippen molar-refractivity contribution in [2.75, 3.05) is 19.8 Å². The Morgan fingerprint density at radius 1 is 1.53 bits per heavy atom. The lowest BCUT2D eigenvalue weighted by Crippen LogP contribution is -2.49. The van der Waals surface area contributed by atoms with E-state index in [1.54, 1.807) is 0 Å². The molecule has 0 aliphatic carbocycles. The molecule has 0 spiro atoms. The number of nitrogens with one attached hydrogen (secondary N) is 2. The van der Waals surface area contributed by atoms with Crippen molar-refractivity contribution in [1.29, 1.82) is 0 Å². The number of halogens is 1. The van der Waals surface area contributed by atoms with E-state index in [2.05, 4.69) is 43.0 Å². The highest BCUT2D eigenvalue weighted by molar-refractivity contribution is 9.10. The van der Waals surface area contributed by atoms with Gasteiger partial charge in [-0.05, 0) is 47.9 Å². The van der Waals surface area contributed by atoms with E-state index in [0.717, 1.165) is 23.3 Å². The molecule has 7 N–H and O–H groups in total. The summed E-state index contributed by atoms with van der Waals surface area (Å²) in [6, 6.07) is 2.12. The second-order valence-corrected chi connectivity index (χ2v) is 5.09. The Kier molecular flexibility index (Phi) is 4.20. The van der Waals surface area contributed by atoms with Crippen molar-refractivity contribution < 1.29 is 5.73 Å². The maximum Gasteiger partial charge on any atom is 0.170 e. The SMILES string of the molecule is N/C(=N/C[NH3+])c1[nH]c(C2CCNCC2)cc1Br. The summed E-state index contributed by atoms with van der Waals surface area (Å²) in [5.74, 6) is 1.11. The first-order chi connectivity index (χ1) is 8.22. The van der Waals surface area contributed by atoms with Crippen molar-refractivity contribution in [1.82, 2.24) is 10.3 Å². The molecule has 2 rings (SSSR count). The van der Waals surface area contributed by atoms with Gasteiger partial charge in [-0.25, -0.2) is 4.99 Å². The summed E-state index contributed by atoms with van der Waals surface area (Å²) in [7, 11) is 0. The molecule has 0 saturated carbocycles. The van der Waals surface area contributed by atoms with E-state index in [1.807, 2.05) is 0 Å². The summed E-state index contributed by atoms with van der Waals surface area (Å²) in [4.78, 5) is 7.50. The van der Waals surface area contributed by atoms with Gasteiger partial charge in [-0.3, -0.25) is 0 Å². The molecule has 1 saturated heterocycles. The van der Waals surface area contributed by atoms with Crippen LogP contribution in [0.1, 0.15) is 30.1 Å². The highest BCUT2D eigenvalue weighted by Crippen LogP contribution is 2.28. The highest BCUT2D eigenvalue weighted by atomic mass is 79.9. The van der Waals surface area contributed by atoms with Crippen LogP contribution < -0.4 is 16.8 Å². The Morgan fingerprint density at radius 3 is 2.88 bits per heavy atom. The van der Waals surface area contributed by atoms with Gasteiger partial charge in [-0.2, -0.15) is 0 Å². The Labute approximate surface area is 109 Å². The van der Waals surface area contributed by atoms with Gasteiger partial charge < -0.3 is 21.8 Å². The zero-order chi connectivity index (χ0) is 12.3. The molecule has 1 aromatic rings. The minimum absolute atomic E-state index is 0.458. The van der Waals surface area contributed by atoms with E-state index < -0.39 is 0 Å². The summed E-state index contributed by atoms with van der Waals surface area (Å²) in [5.41, 5.74) is 11.7. The summed E-state index contributed by atoms with van der Waals surface area (Å²) < 4.78 is 0.987. The number of hydrogen-bond donors (Lipinski definition) is 4. The van der Waals surface area contributed by atoms with E-state index in [0.29, 0.717) is 18.4 Å². The van der Waals surface area contributed by atoms with Crippen molar-refractivity contribution in [3.63, 3.8) is 0 Å². The van der Waals surface area contributed by atoms with Crippen LogP contribution in [0.25, 0.3) is 0 Å². The number of nitrogens with two attached hydrogens (primary N) is 1. The van der Waals surface area contributed by atoms with E-state index in [1.165, 1.54) is 18.5 Å². The van der Waals surface area contributed by atoms with Crippen molar-refractivity contribution in [3.05, 3.63) is 21.9 Å². The van der Waals surface area contributed by atoms with Crippen LogP contribution >= 0.6 is 15.9 Å². The highest BCUT2D eigenvalue weighted by Gasteiger charge is 2.19. The van der Waals surface area contributed by atoms with Gasteiger partial charge in [0.1, 0.15) is 5.84 Å². The molecule has 1 aromatic heterocycles. The summed E-state index contributed by atoms with van der Waals surface area (Å²) in [5, 5.41) is 3.37. The smallest absolute Gasteiger partial charge is 0.170 e. The molecule has 0 bridgehead atoms. The van der Waals surface area contributed by atoms with Gasteiger partial charge >= 0.3 is 0 Å². The van der Waals surface area contributed by atoms with Gasteiger partial charge in [-0.1, -0.05) is 0 Å². The fraction of sp³-hybridized carbons (Fsp3) is 0.545. The molecule has 2 heterocycles. The number of nitrogens with zero attached hydrogens (tertiary/aromatic N) is 1. The molecule has 1 aliphatic rings. The molecule has 5 nitrogen and oxygen atoms in total. The first-order valence-corrected chi connectivity index (χ1v) is 6.70. The number of quaternary nitrogens is 1. The van der Waals surface area contributed by atoms with Crippen LogP contribution in [0.3, 0.4) is 0 Å². The molecule has 0 radical (unpaired) electrons. The van der Waals surface area contributed by atoms with Gasteiger partial charge in [0.2, 0.25) is 0 Å². The quantitative estimate of drug-likeness (QED) is 0.472. The number of aliphatic imine (C=N–C) groups is 1. The third-order valence-electron chi connectivity index (χ3n) is 3.11. The van der Waals surface area contributed by atoms with Gasteiger partial charge in [0.25, 0.3) is 0 Å². The monoisotopic (exact) mass is 300 g/mol. The summed E-state index contributed by atoms with van der Waals surface area (Å²) in [6.07, 6.45) is 2.33. The average molecular weight is 301 g/mol. The molecule has 0 amide bonds. The van der Waals surface area contributed by atoms with Crippen LogP contribution in [-0.4, -0.2) is 30.6 Å². The molecule has 0 aromatic carbocycles. The third kappa shape index (κ3) is 2.88. The first kappa shape index (κ1) is 12.6. The van der Waals surface area contributed by atoms with Crippen molar-refractivity contribution in [3.8, 4) is 0 Å². The van der Waals surface area contributed by atoms with Crippen LogP contribution in [0.5, 0.6) is 0 Å². The lowest BCUT2D eigenvalue weighted by atomic mass is 9.95. The predicted octanol–water partition coefficient (Wildman–Crippen LogP) is 0.149. The molecule has 94 valence electrons. The van der Waals surface area contributed by atoms with Crippen molar-refractivity contribution in [2.45, 2.75) is 18.8 Å². The Bertz CT molecular complexity index is 406. The van der Waals surface area contributed by atoms with E-state index >= 15 is 0 Å². The summed E-state index contributed by atoms with van der Waals surface area (Å²) in [6.45, 7) is 2.62. The largest absolute Gasteiger partial charge is 0.382 e. The average Bonchev–Trinajstić information content (AvgIpc) is 2.73. The zero-order valence-electron chi connectivity index (χ0n) is 9.80. The maximum atomic E-state index is 5.89. The summed E-state index contributed by atoms with van der Waals surface area (Å²) >= 11 is 3.53. The van der Waals surface area contributed by atoms with E-state index in [9.17, 15) is 0 Å². The lowest BCUT2D eigenvalue weighted by Gasteiger charge is -2.21. The zero-order valence-corrected chi connectivity index (χ0v) is 11.4. The minimum atomic E-state index is 0.458. The Balaban J connectivity index is 2.20. The molecule has 1 fully saturated rings. The number of H-pyrrole nitrogens is 1. The number of piperidine rings is 1. The molecule has 0 unspecified atom stereocenters. The number of amidine groups is 1. The molecule has 1 aliphatic heterocycles. The number of aromatic nitrogens is 1. The molecular weight excluding hydrogens is 282 g/mol. The lowest BCUT2D eigenvalue weighted by molar-refractivity contribution is -0.364. The van der Waals surface area contributed by atoms with Crippen molar-refractivity contribution in [2.24, 2.45) is 10.7 Å². The number of aromatic amines is 1. The predicted molar refractivity (Wildman–Crippen MR) is 71.8 cm³/mol. The van der Waals surface area contributed by atoms with Crippen molar-refractivity contribution >= 4 is 21.8 Å². The second-order valence-electron chi connectivity index (χ2n) is 4.24. The third-order valence-corrected chi connectivity index (χ3v) is 3.73. The molecule has 0 atom stereocenters. The standard InChI is InChI=1S/C11H18BrN5/c12-8-5-9(7-1-3-15-4-2-7)17-10(8)11(14)16-6-13/h5,7,15,17H,1-4,6,13H2,(H2,14,16)/p+1. The minimum Gasteiger partial charge on any atom is -0.382 e. The van der Waals surface area contributed by atoms with E-state index in [4.69, 9.17) is 5.73 Å². The molecule has 17 heavy (non-hydrogen) atoms. The van der Waals surface area contributed by atoms with Crippen LogP contribution in [0.15, 0.2) is 15.5 Å². The van der Waals surface area contributed by atoms with Gasteiger partial charge in [0, 0.05) is 16.1 Å². The van der Waals surface area contributed by atoms with E-state index in [-0.39, 0.29) is 0 Å². The number of hydrogen-bond acceptors (Lipinski definition) is 2. The van der Waals surface area contributed by atoms with Crippen LogP contribution in [-0.2, 0) is 0 Å². The van der Waals surface area contributed by atoms with Crippen LogP contribution in [0.2, 0.25) is 0 Å². The molecular formula is C11H19BrN5+. The van der Waals surface area contributed by atoms with Crippen LogP contribution in [0.4, 0.5) is 0 Å².